The van der Waals surface area contributed by atoms with Crippen LogP contribution < -0.4 is 0 Å². The van der Waals surface area contributed by atoms with Gasteiger partial charge in [0.15, 0.2) is 0 Å². The smallest absolute Gasteiger partial charge is 0.115 e. The average Bonchev–Trinajstić information content (AvgIpc) is 2.55. The van der Waals surface area contributed by atoms with Gasteiger partial charge in [-0.2, -0.15) is 0 Å². The Kier molecular flexibility index (Phi) is 3.30. The number of phenolic OH excluding ortho intramolecular Hbond substituents is 1. The molecule has 4 heteroatoms. The molecule has 0 spiro atoms. The molecule has 0 aliphatic heterocycles. The molecule has 3 nitrogen and oxygen atoms in total. The van der Waals surface area contributed by atoms with E-state index in [1.54, 1.807) is 30.4 Å². The van der Waals surface area contributed by atoms with Gasteiger partial charge in [-0.25, -0.2) is 0 Å². The zero-order chi connectivity index (χ0) is 13.2. The monoisotopic (exact) mass is 262 g/mol. The molecule has 2 rings (SSSR count). The molecule has 0 aromatic heterocycles. The molecule has 0 radical (unpaired) electrons. The molecule has 94 valence electrons. The van der Waals surface area contributed by atoms with Crippen molar-refractivity contribution in [2.45, 2.75) is 11.3 Å². The number of aliphatic hydroxyl groups is 1. The van der Waals surface area contributed by atoms with Crippen LogP contribution >= 0.6 is 0 Å². The van der Waals surface area contributed by atoms with Crippen LogP contribution in [0.2, 0.25) is 0 Å². The highest BCUT2D eigenvalue weighted by molar-refractivity contribution is 8.04. The Morgan fingerprint density at radius 1 is 1.06 bits per heavy atom. The number of rotatable bonds is 2. The summed E-state index contributed by atoms with van der Waals surface area (Å²) in [5.74, 6) is 4.06. The summed E-state index contributed by atoms with van der Waals surface area (Å²) in [5, 5.41) is 18.6. The molecule has 1 atom stereocenters. The quantitative estimate of drug-likeness (QED) is 0.806. The van der Waals surface area contributed by atoms with Crippen LogP contribution in [-0.2, 0) is 9.52 Å². The van der Waals surface area contributed by atoms with Gasteiger partial charge in [0, 0.05) is 19.3 Å². The molecule has 1 aromatic rings. The molecular formula is C14H14O3S. The predicted octanol–water partition coefficient (Wildman–Crippen LogP) is 2.75. The molecule has 0 amide bonds. The highest BCUT2D eigenvalue weighted by atomic mass is 32.2. The Bertz CT molecular complexity index is 632. The molecule has 0 fully saturated rings. The van der Waals surface area contributed by atoms with Gasteiger partial charge in [-0.15, -0.1) is 0 Å². The SMILES string of the molecule is C=S(=O)(C1=CCC=C(O)C=C1)c1ccc(O)cc1. The van der Waals surface area contributed by atoms with E-state index in [1.807, 2.05) is 0 Å². The Hall–Kier alpha value is -1.94. The number of benzene rings is 1. The van der Waals surface area contributed by atoms with Crippen LogP contribution in [0.15, 0.2) is 64.1 Å². The fourth-order valence-electron chi connectivity index (χ4n) is 1.65. The molecule has 1 aromatic carbocycles. The second-order valence-corrected chi connectivity index (χ2v) is 6.27. The van der Waals surface area contributed by atoms with Crippen LogP contribution in [0.5, 0.6) is 5.75 Å². The molecule has 1 aliphatic rings. The minimum absolute atomic E-state index is 0.124. The van der Waals surface area contributed by atoms with Gasteiger partial charge in [-0.3, -0.25) is 4.21 Å². The minimum Gasteiger partial charge on any atom is -0.508 e. The molecule has 18 heavy (non-hydrogen) atoms. The highest BCUT2D eigenvalue weighted by Gasteiger charge is 2.12. The van der Waals surface area contributed by atoms with Crippen LogP contribution in [0.4, 0.5) is 0 Å². The second kappa shape index (κ2) is 4.74. The van der Waals surface area contributed by atoms with E-state index in [4.69, 9.17) is 0 Å². The highest BCUT2D eigenvalue weighted by Crippen LogP contribution is 2.24. The molecule has 0 bridgehead atoms. The van der Waals surface area contributed by atoms with Crippen molar-refractivity contribution in [3.8, 4) is 5.75 Å². The fraction of sp³-hybridized carbons (Fsp3) is 0.0714. The molecule has 2 N–H and O–H groups in total. The van der Waals surface area contributed by atoms with E-state index >= 15 is 0 Å². The summed E-state index contributed by atoms with van der Waals surface area (Å²) in [6.45, 7) is 0. The summed E-state index contributed by atoms with van der Waals surface area (Å²) in [6.07, 6.45) is 7.04. The first-order valence-corrected chi connectivity index (χ1v) is 7.16. The van der Waals surface area contributed by atoms with E-state index in [-0.39, 0.29) is 11.5 Å². The van der Waals surface area contributed by atoms with Crippen LogP contribution in [0.3, 0.4) is 0 Å². The summed E-state index contributed by atoms with van der Waals surface area (Å²) in [6, 6.07) is 6.16. The average molecular weight is 262 g/mol. The first-order valence-electron chi connectivity index (χ1n) is 5.44. The van der Waals surface area contributed by atoms with E-state index in [9.17, 15) is 14.4 Å². The van der Waals surface area contributed by atoms with Gasteiger partial charge in [0.2, 0.25) is 0 Å². The Morgan fingerprint density at radius 2 is 1.72 bits per heavy atom. The third-order valence-corrected chi connectivity index (χ3v) is 4.76. The maximum atomic E-state index is 12.7. The zero-order valence-corrected chi connectivity index (χ0v) is 10.6. The van der Waals surface area contributed by atoms with Gasteiger partial charge < -0.3 is 10.2 Å². The van der Waals surface area contributed by atoms with Crippen molar-refractivity contribution in [2.24, 2.45) is 0 Å². The predicted molar refractivity (Wildman–Crippen MR) is 74.2 cm³/mol. The van der Waals surface area contributed by atoms with Gasteiger partial charge in [-0.05, 0) is 54.8 Å². The number of phenols is 1. The molecule has 0 heterocycles. The third kappa shape index (κ3) is 2.49. The van der Waals surface area contributed by atoms with Gasteiger partial charge in [-0.1, -0.05) is 6.08 Å². The minimum atomic E-state index is -2.61. The number of aliphatic hydroxyl groups excluding tert-OH is 1. The van der Waals surface area contributed by atoms with Crippen molar-refractivity contribution in [2.75, 3.05) is 0 Å². The van der Waals surface area contributed by atoms with Gasteiger partial charge in [0.1, 0.15) is 11.5 Å². The van der Waals surface area contributed by atoms with Crippen LogP contribution in [0.25, 0.3) is 0 Å². The van der Waals surface area contributed by atoms with Gasteiger partial charge >= 0.3 is 0 Å². The van der Waals surface area contributed by atoms with Gasteiger partial charge in [0.05, 0.1) is 0 Å². The standard InChI is InChI=1S/C14H14O3S/c1-18(17,14-9-6-12(16)7-10-14)13-4-2-3-11(15)5-8-13/h3-10,15-16H,1-2H2. The maximum absolute atomic E-state index is 12.7. The van der Waals surface area contributed by atoms with Crippen molar-refractivity contribution < 1.29 is 14.4 Å². The van der Waals surface area contributed by atoms with E-state index in [2.05, 4.69) is 5.87 Å². The molecule has 1 unspecified atom stereocenters. The van der Waals surface area contributed by atoms with E-state index in [0.29, 0.717) is 16.2 Å². The van der Waals surface area contributed by atoms with E-state index in [1.165, 1.54) is 18.2 Å². The van der Waals surface area contributed by atoms with Crippen molar-refractivity contribution in [1.82, 2.24) is 0 Å². The first-order chi connectivity index (χ1) is 8.50. The normalized spacial score (nSPS) is 18.4. The summed E-state index contributed by atoms with van der Waals surface area (Å²) in [7, 11) is -2.61. The first kappa shape index (κ1) is 12.5. The van der Waals surface area contributed by atoms with E-state index < -0.39 is 9.52 Å². The summed E-state index contributed by atoms with van der Waals surface area (Å²) in [4.78, 5) is 1.13. The summed E-state index contributed by atoms with van der Waals surface area (Å²) < 4.78 is 12.7. The van der Waals surface area contributed by atoms with E-state index in [0.717, 1.165) is 0 Å². The van der Waals surface area contributed by atoms with Crippen molar-refractivity contribution >= 4 is 15.4 Å². The number of aromatic hydroxyl groups is 1. The lowest BCUT2D eigenvalue weighted by Gasteiger charge is -2.10. The number of allylic oxidation sites excluding steroid dienone is 4. The van der Waals surface area contributed by atoms with Crippen molar-refractivity contribution in [3.63, 3.8) is 0 Å². The van der Waals surface area contributed by atoms with Crippen LogP contribution in [-0.4, -0.2) is 20.3 Å². The lowest BCUT2D eigenvalue weighted by Crippen LogP contribution is -2.02. The lowest BCUT2D eigenvalue weighted by molar-refractivity contribution is 0.431. The Morgan fingerprint density at radius 3 is 2.39 bits per heavy atom. The van der Waals surface area contributed by atoms with Crippen LogP contribution in [0, 0.1) is 0 Å². The molecule has 0 saturated heterocycles. The topological polar surface area (TPSA) is 57.5 Å². The van der Waals surface area contributed by atoms with Gasteiger partial charge in [0.25, 0.3) is 0 Å². The summed E-state index contributed by atoms with van der Waals surface area (Å²) >= 11 is 0. The second-order valence-electron chi connectivity index (χ2n) is 3.97. The Balaban J connectivity index is 2.41. The third-order valence-electron chi connectivity index (χ3n) is 2.66. The largest absolute Gasteiger partial charge is 0.508 e. The molecule has 1 aliphatic carbocycles. The van der Waals surface area contributed by atoms with Crippen LogP contribution in [0.1, 0.15) is 6.42 Å². The molecule has 0 saturated carbocycles. The Labute approximate surface area is 106 Å². The number of hydrogen-bond acceptors (Lipinski definition) is 3. The van der Waals surface area contributed by atoms with Crippen molar-refractivity contribution in [3.05, 3.63) is 59.2 Å². The lowest BCUT2D eigenvalue weighted by atomic mass is 10.3. The zero-order valence-electron chi connectivity index (χ0n) is 9.74. The maximum Gasteiger partial charge on any atom is 0.115 e. The fourth-order valence-corrected chi connectivity index (χ4v) is 3.15. The number of hydrogen-bond donors (Lipinski definition) is 2. The van der Waals surface area contributed by atoms with Crippen molar-refractivity contribution in [1.29, 1.82) is 0 Å². The summed E-state index contributed by atoms with van der Waals surface area (Å²) in [5.41, 5.74) is 0. The molecular weight excluding hydrogens is 248 g/mol.